The van der Waals surface area contributed by atoms with Crippen molar-refractivity contribution < 1.29 is 19.4 Å². The first kappa shape index (κ1) is 24.0. The Morgan fingerprint density at radius 1 is 1.39 bits per heavy atom. The molecular formula is C23H35NO4. The second kappa shape index (κ2) is 14.0. The average molecular weight is 390 g/mol. The molecule has 0 aromatic carbocycles. The molecule has 3 atom stereocenters. The van der Waals surface area contributed by atoms with E-state index in [-0.39, 0.29) is 23.8 Å². The van der Waals surface area contributed by atoms with Crippen LogP contribution in [0.5, 0.6) is 0 Å². The summed E-state index contributed by atoms with van der Waals surface area (Å²) in [5, 5.41) is 10.3. The van der Waals surface area contributed by atoms with Crippen LogP contribution in [0.15, 0.2) is 24.3 Å². The van der Waals surface area contributed by atoms with Gasteiger partial charge in [-0.15, -0.1) is 11.8 Å². The van der Waals surface area contributed by atoms with Gasteiger partial charge in [0.2, 0.25) is 5.91 Å². The second-order valence-corrected chi connectivity index (χ2v) is 7.25. The molecule has 0 spiro atoms. The van der Waals surface area contributed by atoms with Gasteiger partial charge in [-0.05, 0) is 31.6 Å². The third-order valence-corrected chi connectivity index (χ3v) is 4.86. The Morgan fingerprint density at radius 3 is 2.89 bits per heavy atom. The molecule has 0 bridgehead atoms. The van der Waals surface area contributed by atoms with Gasteiger partial charge in [-0.25, -0.2) is 0 Å². The van der Waals surface area contributed by atoms with Gasteiger partial charge in [-0.1, -0.05) is 38.2 Å². The smallest absolute Gasteiger partial charge is 0.305 e. The number of aliphatic hydroxyl groups is 1. The van der Waals surface area contributed by atoms with Crippen molar-refractivity contribution >= 4 is 11.9 Å². The zero-order valence-electron chi connectivity index (χ0n) is 17.5. The molecule has 0 aliphatic carbocycles. The van der Waals surface area contributed by atoms with Crippen LogP contribution < -0.4 is 0 Å². The van der Waals surface area contributed by atoms with E-state index in [4.69, 9.17) is 0 Å². The monoisotopic (exact) mass is 389 g/mol. The maximum Gasteiger partial charge on any atom is 0.305 e. The van der Waals surface area contributed by atoms with Crippen LogP contribution in [0, 0.1) is 17.8 Å². The number of hydrogen-bond donors (Lipinski definition) is 1. The maximum absolute atomic E-state index is 12.1. The van der Waals surface area contributed by atoms with Crippen LogP contribution in [0.1, 0.15) is 65.2 Å². The average Bonchev–Trinajstić information content (AvgIpc) is 3.05. The van der Waals surface area contributed by atoms with E-state index in [0.29, 0.717) is 25.8 Å². The van der Waals surface area contributed by atoms with E-state index in [0.717, 1.165) is 32.1 Å². The lowest BCUT2D eigenvalue weighted by Crippen LogP contribution is -2.32. The summed E-state index contributed by atoms with van der Waals surface area (Å²) in [5.41, 5.74) is 0. The van der Waals surface area contributed by atoms with Crippen molar-refractivity contribution in [2.75, 3.05) is 13.7 Å². The van der Waals surface area contributed by atoms with E-state index in [1.165, 1.54) is 7.11 Å². The van der Waals surface area contributed by atoms with Crippen molar-refractivity contribution in [1.82, 2.24) is 4.90 Å². The van der Waals surface area contributed by atoms with Gasteiger partial charge in [0.25, 0.3) is 0 Å². The van der Waals surface area contributed by atoms with Crippen LogP contribution in [0.3, 0.4) is 0 Å². The molecule has 1 unspecified atom stereocenters. The number of hydrogen-bond acceptors (Lipinski definition) is 4. The number of unbranched alkanes of at least 4 members (excludes halogenated alkanes) is 2. The first-order chi connectivity index (χ1) is 13.5. The number of rotatable bonds is 11. The van der Waals surface area contributed by atoms with Gasteiger partial charge in [0.15, 0.2) is 0 Å². The van der Waals surface area contributed by atoms with E-state index in [2.05, 4.69) is 23.5 Å². The van der Waals surface area contributed by atoms with Gasteiger partial charge in [-0.2, -0.15) is 0 Å². The lowest BCUT2D eigenvalue weighted by molar-refractivity contribution is -0.140. The minimum absolute atomic E-state index is 0.0280. The van der Waals surface area contributed by atoms with Gasteiger partial charge in [0.05, 0.1) is 19.3 Å². The fourth-order valence-corrected chi connectivity index (χ4v) is 2.96. The van der Waals surface area contributed by atoms with E-state index in [1.54, 1.807) is 0 Å². The molecule has 0 aromatic rings. The first-order valence-electron chi connectivity index (χ1n) is 10.3. The van der Waals surface area contributed by atoms with Crippen LogP contribution in [-0.2, 0) is 14.3 Å². The van der Waals surface area contributed by atoms with Crippen LogP contribution in [0.4, 0.5) is 0 Å². The van der Waals surface area contributed by atoms with E-state index < -0.39 is 6.10 Å². The van der Waals surface area contributed by atoms with Crippen molar-refractivity contribution in [2.45, 2.75) is 77.4 Å². The summed E-state index contributed by atoms with van der Waals surface area (Å²) in [6.45, 7) is 4.65. The summed E-state index contributed by atoms with van der Waals surface area (Å²) in [6.07, 6.45) is 13.1. The van der Waals surface area contributed by atoms with E-state index in [9.17, 15) is 14.7 Å². The number of allylic oxidation sites excluding steroid dienone is 1. The zero-order valence-corrected chi connectivity index (χ0v) is 17.5. The Hall–Kier alpha value is -2.06. The van der Waals surface area contributed by atoms with Crippen LogP contribution in [0.2, 0.25) is 0 Å². The molecule has 5 nitrogen and oxygen atoms in total. The molecule has 28 heavy (non-hydrogen) atoms. The van der Waals surface area contributed by atoms with Crippen molar-refractivity contribution in [3.8, 4) is 11.8 Å². The predicted molar refractivity (Wildman–Crippen MR) is 111 cm³/mol. The van der Waals surface area contributed by atoms with Gasteiger partial charge >= 0.3 is 5.97 Å². The topological polar surface area (TPSA) is 66.8 Å². The number of carbonyl (C=O) groups is 2. The highest BCUT2D eigenvalue weighted by molar-refractivity contribution is 5.79. The molecule has 1 heterocycles. The zero-order chi connectivity index (χ0) is 20.8. The number of aliphatic hydroxyl groups excluding tert-OH is 1. The van der Waals surface area contributed by atoms with Crippen molar-refractivity contribution in [3.63, 3.8) is 0 Å². The van der Waals surface area contributed by atoms with Gasteiger partial charge in [-0.3, -0.25) is 9.59 Å². The normalized spacial score (nSPS) is 19.1. The van der Waals surface area contributed by atoms with Gasteiger partial charge in [0, 0.05) is 32.2 Å². The molecule has 156 valence electrons. The molecule has 0 aromatic heterocycles. The van der Waals surface area contributed by atoms with Crippen molar-refractivity contribution in [1.29, 1.82) is 0 Å². The summed E-state index contributed by atoms with van der Waals surface area (Å²) in [4.78, 5) is 25.0. The minimum atomic E-state index is -0.553. The van der Waals surface area contributed by atoms with Crippen LogP contribution in [0.25, 0.3) is 0 Å². The van der Waals surface area contributed by atoms with Crippen LogP contribution >= 0.6 is 0 Å². The second-order valence-electron chi connectivity index (χ2n) is 7.25. The van der Waals surface area contributed by atoms with Gasteiger partial charge < -0.3 is 14.7 Å². The standard InChI is InChI=1S/C23H35NO4/c1-4-5-6-9-12-19(2)21(25)16-14-20-15-17-22(26)24(20)18-11-8-7-10-13-23(27)28-3/h8,11,14,16,19-21,25H,4-5,7,10,12-13,15,17-18H2,1-3H3/t19-,20?,21+/m0/s1. The molecule has 1 aliphatic rings. The number of likely N-dealkylation sites (tertiary alicyclic amines) is 1. The molecular weight excluding hydrogens is 354 g/mol. The Labute approximate surface area is 169 Å². The molecule has 1 saturated heterocycles. The Balaban J connectivity index is 2.44. The highest BCUT2D eigenvalue weighted by Crippen LogP contribution is 2.21. The van der Waals surface area contributed by atoms with Crippen molar-refractivity contribution in [2.24, 2.45) is 5.92 Å². The SMILES string of the molecule is CCCC#CC[C@H](C)[C@H](O)C=CC1CCC(=O)N1CC=CCCCC(=O)OC. The lowest BCUT2D eigenvalue weighted by atomic mass is 10.00. The molecule has 1 rings (SSSR count). The molecule has 5 heteroatoms. The van der Waals surface area contributed by atoms with Gasteiger partial charge in [0.1, 0.15) is 0 Å². The van der Waals surface area contributed by atoms with Crippen LogP contribution in [-0.4, -0.2) is 47.7 Å². The minimum Gasteiger partial charge on any atom is -0.469 e. The quantitative estimate of drug-likeness (QED) is 0.254. The third-order valence-electron chi connectivity index (χ3n) is 4.86. The Kier molecular flexibility index (Phi) is 12.0. The molecule has 1 fully saturated rings. The Morgan fingerprint density at radius 2 is 2.18 bits per heavy atom. The fourth-order valence-electron chi connectivity index (χ4n) is 2.96. The number of esters is 1. The third kappa shape index (κ3) is 9.23. The molecule has 1 amide bonds. The first-order valence-corrected chi connectivity index (χ1v) is 10.3. The summed E-state index contributed by atoms with van der Waals surface area (Å²) in [5.74, 6) is 6.24. The summed E-state index contributed by atoms with van der Waals surface area (Å²) >= 11 is 0. The molecule has 0 radical (unpaired) electrons. The van der Waals surface area contributed by atoms with E-state index >= 15 is 0 Å². The molecule has 0 saturated carbocycles. The highest BCUT2D eigenvalue weighted by atomic mass is 16.5. The maximum atomic E-state index is 12.1. The summed E-state index contributed by atoms with van der Waals surface area (Å²) in [6, 6.07) is 0.0280. The van der Waals surface area contributed by atoms with Crippen molar-refractivity contribution in [3.05, 3.63) is 24.3 Å². The lowest BCUT2D eigenvalue weighted by Gasteiger charge is -2.21. The number of amides is 1. The number of nitrogens with zero attached hydrogens (tertiary/aromatic N) is 1. The fraction of sp³-hybridized carbons (Fsp3) is 0.652. The highest BCUT2D eigenvalue weighted by Gasteiger charge is 2.28. The predicted octanol–water partition coefficient (Wildman–Crippen LogP) is 3.62. The number of ether oxygens (including phenoxy) is 1. The summed E-state index contributed by atoms with van der Waals surface area (Å²) in [7, 11) is 1.39. The number of carbonyl (C=O) groups excluding carboxylic acids is 2. The number of methoxy groups -OCH3 is 1. The molecule has 1 N–H and O–H groups in total. The summed E-state index contributed by atoms with van der Waals surface area (Å²) < 4.78 is 4.61. The van der Waals surface area contributed by atoms with E-state index in [1.807, 2.05) is 36.1 Å². The largest absolute Gasteiger partial charge is 0.469 e. The Bertz CT molecular complexity index is 599. The molecule has 1 aliphatic heterocycles.